The summed E-state index contributed by atoms with van der Waals surface area (Å²) >= 11 is 3.18. The van der Waals surface area contributed by atoms with E-state index in [4.69, 9.17) is 0 Å². The van der Waals surface area contributed by atoms with Crippen LogP contribution in [0.25, 0.3) is 0 Å². The van der Waals surface area contributed by atoms with Crippen molar-refractivity contribution in [2.24, 2.45) is 4.99 Å². The zero-order valence-corrected chi connectivity index (χ0v) is 12.9. The molecule has 0 atom stereocenters. The first-order chi connectivity index (χ1) is 10.3. The Balaban J connectivity index is 1.56. The summed E-state index contributed by atoms with van der Waals surface area (Å²) in [6.07, 6.45) is 0. The summed E-state index contributed by atoms with van der Waals surface area (Å²) in [6.45, 7) is 0. The zero-order valence-electron chi connectivity index (χ0n) is 11.3. The minimum Gasteiger partial charge on any atom is -0.325 e. The number of thioether (sulfide) groups is 2. The first-order valence-corrected chi connectivity index (χ1v) is 8.55. The first kappa shape index (κ1) is 14.2. The minimum absolute atomic E-state index is 0.00615. The van der Waals surface area contributed by atoms with Gasteiger partial charge in [-0.3, -0.25) is 4.79 Å². The fourth-order valence-electron chi connectivity index (χ4n) is 1.93. The standard InChI is InChI=1S/C16H14N2OS2/c19-15(17-13-7-2-1-3-8-13)11-21-16-18-14-9-5-4-6-12(14)10-20-16/h1-9H,10-11H2,(H,17,19). The molecule has 2 aromatic rings. The second kappa shape index (κ2) is 6.83. The lowest BCUT2D eigenvalue weighted by atomic mass is 10.2. The van der Waals surface area contributed by atoms with Crippen LogP contribution in [0.4, 0.5) is 11.4 Å². The lowest BCUT2D eigenvalue weighted by Crippen LogP contribution is -2.15. The molecule has 1 aliphatic heterocycles. The Bertz CT molecular complexity index is 671. The van der Waals surface area contributed by atoms with Crippen molar-refractivity contribution in [1.82, 2.24) is 0 Å². The third-order valence-electron chi connectivity index (χ3n) is 2.94. The van der Waals surface area contributed by atoms with E-state index in [1.54, 1.807) is 11.8 Å². The summed E-state index contributed by atoms with van der Waals surface area (Å²) in [7, 11) is 0. The number of fused-ring (bicyclic) bond motifs is 1. The molecule has 0 aliphatic carbocycles. The molecule has 0 fully saturated rings. The topological polar surface area (TPSA) is 41.5 Å². The number of para-hydroxylation sites is 2. The van der Waals surface area contributed by atoms with Crippen LogP contribution in [-0.4, -0.2) is 16.0 Å². The van der Waals surface area contributed by atoms with E-state index in [1.165, 1.54) is 17.3 Å². The van der Waals surface area contributed by atoms with Crippen molar-refractivity contribution in [1.29, 1.82) is 0 Å². The highest BCUT2D eigenvalue weighted by atomic mass is 32.2. The van der Waals surface area contributed by atoms with Crippen LogP contribution in [0.1, 0.15) is 5.56 Å². The molecule has 0 radical (unpaired) electrons. The van der Waals surface area contributed by atoms with Crippen molar-refractivity contribution in [3.63, 3.8) is 0 Å². The maximum absolute atomic E-state index is 11.9. The van der Waals surface area contributed by atoms with Gasteiger partial charge in [0.25, 0.3) is 0 Å². The average Bonchev–Trinajstić information content (AvgIpc) is 2.54. The number of benzene rings is 2. The molecule has 1 amide bonds. The van der Waals surface area contributed by atoms with Crippen molar-refractivity contribution >= 4 is 45.2 Å². The predicted octanol–water partition coefficient (Wildman–Crippen LogP) is 4.29. The minimum atomic E-state index is -0.00615. The molecule has 0 saturated heterocycles. The number of nitrogens with zero attached hydrogens (tertiary/aromatic N) is 1. The van der Waals surface area contributed by atoms with Gasteiger partial charge in [-0.15, -0.1) is 0 Å². The number of amides is 1. The maximum Gasteiger partial charge on any atom is 0.234 e. The average molecular weight is 314 g/mol. The van der Waals surface area contributed by atoms with Crippen LogP contribution in [0.2, 0.25) is 0 Å². The van der Waals surface area contributed by atoms with Gasteiger partial charge in [-0.1, -0.05) is 59.9 Å². The Kier molecular flexibility index (Phi) is 4.62. The second-order valence-corrected chi connectivity index (χ2v) is 6.68. The molecule has 1 aliphatic rings. The lowest BCUT2D eigenvalue weighted by molar-refractivity contribution is -0.113. The molecule has 1 heterocycles. The molecule has 2 aromatic carbocycles. The molecule has 0 aromatic heterocycles. The third-order valence-corrected chi connectivity index (χ3v) is 5.18. The SMILES string of the molecule is O=C(CSC1=Nc2ccccc2CS1)Nc1ccccc1. The Morgan fingerprint density at radius 3 is 2.76 bits per heavy atom. The van der Waals surface area contributed by atoms with Crippen LogP contribution in [-0.2, 0) is 10.5 Å². The molecule has 0 spiro atoms. The molecular weight excluding hydrogens is 300 g/mol. The Hall–Kier alpha value is -1.72. The molecule has 1 N–H and O–H groups in total. The Morgan fingerprint density at radius 2 is 1.90 bits per heavy atom. The smallest absolute Gasteiger partial charge is 0.234 e. The van der Waals surface area contributed by atoms with E-state index in [9.17, 15) is 4.79 Å². The van der Waals surface area contributed by atoms with Crippen LogP contribution in [0, 0.1) is 0 Å². The van der Waals surface area contributed by atoms with Crippen molar-refractivity contribution < 1.29 is 4.79 Å². The van der Waals surface area contributed by atoms with Crippen LogP contribution < -0.4 is 5.32 Å². The first-order valence-electron chi connectivity index (χ1n) is 6.58. The van der Waals surface area contributed by atoms with Gasteiger partial charge in [0.05, 0.1) is 11.4 Å². The number of aliphatic imine (C=N–C) groups is 1. The largest absolute Gasteiger partial charge is 0.325 e. The summed E-state index contributed by atoms with van der Waals surface area (Å²) < 4.78 is 0.955. The van der Waals surface area contributed by atoms with Gasteiger partial charge < -0.3 is 5.32 Å². The number of carbonyl (C=O) groups is 1. The van der Waals surface area contributed by atoms with Crippen LogP contribution in [0.5, 0.6) is 0 Å². The highest BCUT2D eigenvalue weighted by Crippen LogP contribution is 2.34. The number of rotatable bonds is 3. The third kappa shape index (κ3) is 3.89. The number of hydrogen-bond acceptors (Lipinski definition) is 4. The molecule has 106 valence electrons. The normalized spacial score (nSPS) is 13.2. The lowest BCUT2D eigenvalue weighted by Gasteiger charge is -2.14. The van der Waals surface area contributed by atoms with Gasteiger partial charge in [-0.05, 0) is 23.8 Å². The fraction of sp³-hybridized carbons (Fsp3) is 0.125. The van der Waals surface area contributed by atoms with Crippen molar-refractivity contribution in [2.75, 3.05) is 11.1 Å². The van der Waals surface area contributed by atoms with Gasteiger partial charge in [-0.2, -0.15) is 0 Å². The fourth-order valence-corrected chi connectivity index (χ4v) is 3.79. The summed E-state index contributed by atoms with van der Waals surface area (Å²) in [4.78, 5) is 16.5. The second-order valence-electron chi connectivity index (χ2n) is 4.50. The number of nitrogens with one attached hydrogen (secondary N) is 1. The number of anilines is 1. The van der Waals surface area contributed by atoms with Crippen molar-refractivity contribution in [3.05, 3.63) is 60.2 Å². The van der Waals surface area contributed by atoms with Crippen molar-refractivity contribution in [3.8, 4) is 0 Å². The van der Waals surface area contributed by atoms with E-state index in [0.717, 1.165) is 21.5 Å². The van der Waals surface area contributed by atoms with E-state index in [-0.39, 0.29) is 5.91 Å². The van der Waals surface area contributed by atoms with Gasteiger partial charge in [0.2, 0.25) is 5.91 Å². The monoisotopic (exact) mass is 314 g/mol. The van der Waals surface area contributed by atoms with E-state index in [2.05, 4.69) is 16.4 Å². The predicted molar refractivity (Wildman–Crippen MR) is 92.4 cm³/mol. The van der Waals surface area contributed by atoms with E-state index < -0.39 is 0 Å². The summed E-state index contributed by atoms with van der Waals surface area (Å²) in [6, 6.07) is 17.6. The molecule has 0 bridgehead atoms. The van der Waals surface area contributed by atoms with Gasteiger partial charge in [0.1, 0.15) is 4.38 Å². The molecule has 5 heteroatoms. The Morgan fingerprint density at radius 1 is 1.14 bits per heavy atom. The quantitative estimate of drug-likeness (QED) is 0.918. The van der Waals surface area contributed by atoms with Gasteiger partial charge >= 0.3 is 0 Å². The number of carbonyl (C=O) groups excluding carboxylic acids is 1. The van der Waals surface area contributed by atoms with E-state index in [0.29, 0.717) is 5.75 Å². The van der Waals surface area contributed by atoms with Crippen LogP contribution in [0.15, 0.2) is 59.6 Å². The summed E-state index contributed by atoms with van der Waals surface area (Å²) in [5.41, 5.74) is 3.09. The van der Waals surface area contributed by atoms with E-state index >= 15 is 0 Å². The molecule has 3 nitrogen and oxygen atoms in total. The van der Waals surface area contributed by atoms with Crippen LogP contribution in [0.3, 0.4) is 0 Å². The Labute approximate surface area is 132 Å². The summed E-state index contributed by atoms with van der Waals surface area (Å²) in [5, 5.41) is 2.88. The molecule has 3 rings (SSSR count). The molecule has 21 heavy (non-hydrogen) atoms. The van der Waals surface area contributed by atoms with Crippen molar-refractivity contribution in [2.45, 2.75) is 5.75 Å². The van der Waals surface area contributed by atoms with Gasteiger partial charge in [0, 0.05) is 11.4 Å². The summed E-state index contributed by atoms with van der Waals surface area (Å²) in [5.74, 6) is 1.29. The van der Waals surface area contributed by atoms with Crippen LogP contribution >= 0.6 is 23.5 Å². The zero-order chi connectivity index (χ0) is 14.5. The number of hydrogen-bond donors (Lipinski definition) is 1. The van der Waals surface area contributed by atoms with Gasteiger partial charge in [-0.25, -0.2) is 4.99 Å². The molecule has 0 unspecified atom stereocenters. The molecular formula is C16H14N2OS2. The highest BCUT2D eigenvalue weighted by Gasteiger charge is 2.13. The maximum atomic E-state index is 11.9. The van der Waals surface area contributed by atoms with Gasteiger partial charge in [0.15, 0.2) is 0 Å². The molecule has 0 saturated carbocycles. The van der Waals surface area contributed by atoms with E-state index in [1.807, 2.05) is 48.5 Å². The highest BCUT2D eigenvalue weighted by molar-refractivity contribution is 8.38.